The van der Waals surface area contributed by atoms with Crippen molar-refractivity contribution < 1.29 is 13.2 Å². The number of aromatic nitrogens is 1. The standard InChI is InChI=1S/C16H18ClN3O3S/c1-3-20(4-2)24(22,23)14-11-12(8-9-13(14)17)16(21)19-15-7-5-6-10-18-15/h5-11H,3-4H2,1-2H3,(H,18,19,21). The highest BCUT2D eigenvalue weighted by Gasteiger charge is 2.25. The molecule has 0 atom stereocenters. The average molecular weight is 368 g/mol. The first-order valence-corrected chi connectivity index (χ1v) is 9.24. The predicted molar refractivity (Wildman–Crippen MR) is 93.7 cm³/mol. The molecule has 1 heterocycles. The lowest BCUT2D eigenvalue weighted by Gasteiger charge is -2.19. The van der Waals surface area contributed by atoms with Gasteiger partial charge in [0.25, 0.3) is 5.91 Å². The van der Waals surface area contributed by atoms with Gasteiger partial charge in [-0.1, -0.05) is 31.5 Å². The fraction of sp³-hybridized carbons (Fsp3) is 0.250. The van der Waals surface area contributed by atoms with E-state index in [0.717, 1.165) is 0 Å². The van der Waals surface area contributed by atoms with E-state index in [1.165, 1.54) is 22.5 Å². The zero-order valence-corrected chi connectivity index (χ0v) is 14.9. The predicted octanol–water partition coefficient (Wildman–Crippen LogP) is 3.02. The summed E-state index contributed by atoms with van der Waals surface area (Å²) in [5.41, 5.74) is 0.191. The zero-order chi connectivity index (χ0) is 17.7. The van der Waals surface area contributed by atoms with E-state index >= 15 is 0 Å². The van der Waals surface area contributed by atoms with Crippen molar-refractivity contribution in [3.63, 3.8) is 0 Å². The molecule has 128 valence electrons. The van der Waals surface area contributed by atoms with Gasteiger partial charge in [0.05, 0.1) is 5.02 Å². The lowest BCUT2D eigenvalue weighted by atomic mass is 10.2. The van der Waals surface area contributed by atoms with Crippen LogP contribution in [0.5, 0.6) is 0 Å². The summed E-state index contributed by atoms with van der Waals surface area (Å²) < 4.78 is 26.6. The molecule has 8 heteroatoms. The molecule has 0 radical (unpaired) electrons. The summed E-state index contributed by atoms with van der Waals surface area (Å²) in [6.07, 6.45) is 1.55. The topological polar surface area (TPSA) is 79.4 Å². The number of rotatable bonds is 6. The molecular formula is C16H18ClN3O3S. The lowest BCUT2D eigenvalue weighted by Crippen LogP contribution is -2.31. The van der Waals surface area contributed by atoms with Crippen molar-refractivity contribution in [2.24, 2.45) is 0 Å². The first-order chi connectivity index (χ1) is 11.4. The molecule has 0 fully saturated rings. The zero-order valence-electron chi connectivity index (χ0n) is 13.4. The smallest absolute Gasteiger partial charge is 0.256 e. The number of hydrogen-bond donors (Lipinski definition) is 1. The van der Waals surface area contributed by atoms with Crippen molar-refractivity contribution in [2.75, 3.05) is 18.4 Å². The Morgan fingerprint density at radius 1 is 1.21 bits per heavy atom. The molecule has 1 aromatic carbocycles. The van der Waals surface area contributed by atoms with Crippen LogP contribution in [0.15, 0.2) is 47.5 Å². The minimum Gasteiger partial charge on any atom is -0.307 e. The molecule has 0 saturated heterocycles. The first kappa shape index (κ1) is 18.4. The van der Waals surface area contributed by atoms with Crippen LogP contribution in [0.2, 0.25) is 5.02 Å². The minimum atomic E-state index is -3.75. The number of benzene rings is 1. The van der Waals surface area contributed by atoms with Gasteiger partial charge in [0.15, 0.2) is 0 Å². The number of nitrogens with one attached hydrogen (secondary N) is 1. The van der Waals surface area contributed by atoms with Crippen molar-refractivity contribution in [2.45, 2.75) is 18.7 Å². The molecule has 0 aliphatic carbocycles. The summed E-state index contributed by atoms with van der Waals surface area (Å²) in [7, 11) is -3.75. The Balaban J connectivity index is 2.36. The number of hydrogen-bond acceptors (Lipinski definition) is 4. The van der Waals surface area contributed by atoms with Gasteiger partial charge in [-0.25, -0.2) is 13.4 Å². The second-order valence-electron chi connectivity index (χ2n) is 4.90. The molecular weight excluding hydrogens is 350 g/mol. The van der Waals surface area contributed by atoms with Gasteiger partial charge >= 0.3 is 0 Å². The van der Waals surface area contributed by atoms with Crippen molar-refractivity contribution in [1.82, 2.24) is 9.29 Å². The third-order valence-corrected chi connectivity index (χ3v) is 5.95. The van der Waals surface area contributed by atoms with Crippen LogP contribution in [0.25, 0.3) is 0 Å². The Labute approximate surface area is 146 Å². The molecule has 1 amide bonds. The average Bonchev–Trinajstić information content (AvgIpc) is 2.56. The van der Waals surface area contributed by atoms with E-state index in [9.17, 15) is 13.2 Å². The van der Waals surface area contributed by atoms with E-state index in [1.807, 2.05) is 0 Å². The number of halogens is 1. The largest absolute Gasteiger partial charge is 0.307 e. The number of anilines is 1. The number of carbonyl (C=O) groups is 1. The van der Waals surface area contributed by atoms with Gasteiger partial charge in [0.2, 0.25) is 10.0 Å². The maximum atomic E-state index is 12.6. The minimum absolute atomic E-state index is 0.0799. The SMILES string of the molecule is CCN(CC)S(=O)(=O)c1cc(C(=O)Nc2ccccn2)ccc1Cl. The van der Waals surface area contributed by atoms with Crippen molar-refractivity contribution in [3.8, 4) is 0 Å². The molecule has 1 N–H and O–H groups in total. The van der Waals surface area contributed by atoms with E-state index in [-0.39, 0.29) is 15.5 Å². The van der Waals surface area contributed by atoms with Crippen LogP contribution in [0, 0.1) is 0 Å². The number of nitrogens with zero attached hydrogens (tertiary/aromatic N) is 2. The number of sulfonamides is 1. The second kappa shape index (κ2) is 7.74. The molecule has 1 aromatic heterocycles. The maximum absolute atomic E-state index is 12.6. The third-order valence-electron chi connectivity index (χ3n) is 3.42. The van der Waals surface area contributed by atoms with E-state index in [0.29, 0.717) is 18.9 Å². The van der Waals surface area contributed by atoms with Crippen molar-refractivity contribution >= 4 is 33.3 Å². The van der Waals surface area contributed by atoms with E-state index < -0.39 is 15.9 Å². The van der Waals surface area contributed by atoms with Crippen LogP contribution in [0.3, 0.4) is 0 Å². The summed E-state index contributed by atoms with van der Waals surface area (Å²) >= 11 is 6.05. The first-order valence-electron chi connectivity index (χ1n) is 7.42. The molecule has 6 nitrogen and oxygen atoms in total. The van der Waals surface area contributed by atoms with Crippen LogP contribution in [-0.2, 0) is 10.0 Å². The van der Waals surface area contributed by atoms with E-state index in [4.69, 9.17) is 11.6 Å². The number of amides is 1. The fourth-order valence-electron chi connectivity index (χ4n) is 2.17. The van der Waals surface area contributed by atoms with Gasteiger partial charge in [0, 0.05) is 24.8 Å². The van der Waals surface area contributed by atoms with Crippen LogP contribution < -0.4 is 5.32 Å². The Morgan fingerprint density at radius 3 is 2.50 bits per heavy atom. The third kappa shape index (κ3) is 3.92. The highest BCUT2D eigenvalue weighted by molar-refractivity contribution is 7.89. The van der Waals surface area contributed by atoms with E-state index in [2.05, 4.69) is 10.3 Å². The molecule has 0 aliphatic heterocycles. The molecule has 0 aliphatic rings. The summed E-state index contributed by atoms with van der Waals surface area (Å²) in [6, 6.07) is 9.27. The molecule has 2 rings (SSSR count). The Hall–Kier alpha value is -1.96. The van der Waals surface area contributed by atoms with Gasteiger partial charge in [-0.05, 0) is 30.3 Å². The quantitative estimate of drug-likeness (QED) is 0.851. The van der Waals surface area contributed by atoms with Crippen LogP contribution in [0.4, 0.5) is 5.82 Å². The Morgan fingerprint density at radius 2 is 1.92 bits per heavy atom. The van der Waals surface area contributed by atoms with E-state index in [1.54, 1.807) is 38.2 Å². The highest BCUT2D eigenvalue weighted by atomic mass is 35.5. The van der Waals surface area contributed by atoms with Gasteiger partial charge in [-0.3, -0.25) is 4.79 Å². The summed E-state index contributed by atoms with van der Waals surface area (Å²) in [5.74, 6) is -0.0769. The monoisotopic (exact) mass is 367 g/mol. The van der Waals surface area contributed by atoms with Crippen LogP contribution >= 0.6 is 11.6 Å². The lowest BCUT2D eigenvalue weighted by molar-refractivity contribution is 0.102. The molecule has 2 aromatic rings. The summed E-state index contributed by atoms with van der Waals surface area (Å²) in [4.78, 5) is 16.2. The van der Waals surface area contributed by atoms with Gasteiger partial charge in [0.1, 0.15) is 10.7 Å². The van der Waals surface area contributed by atoms with Gasteiger partial charge in [-0.2, -0.15) is 4.31 Å². The second-order valence-corrected chi connectivity index (χ2v) is 7.22. The molecule has 24 heavy (non-hydrogen) atoms. The van der Waals surface area contributed by atoms with Crippen molar-refractivity contribution in [1.29, 1.82) is 0 Å². The highest BCUT2D eigenvalue weighted by Crippen LogP contribution is 2.26. The number of pyridine rings is 1. The Bertz CT molecular complexity index is 822. The summed E-state index contributed by atoms with van der Waals surface area (Å²) in [5, 5.41) is 2.69. The van der Waals surface area contributed by atoms with Gasteiger partial charge < -0.3 is 5.32 Å². The maximum Gasteiger partial charge on any atom is 0.256 e. The van der Waals surface area contributed by atoms with Crippen LogP contribution in [0.1, 0.15) is 24.2 Å². The molecule has 0 bridgehead atoms. The molecule has 0 spiro atoms. The van der Waals surface area contributed by atoms with Crippen molar-refractivity contribution in [3.05, 3.63) is 53.2 Å². The molecule has 0 unspecified atom stereocenters. The Kier molecular flexibility index (Phi) is 5.93. The number of carbonyl (C=O) groups excluding carboxylic acids is 1. The van der Waals surface area contributed by atoms with Crippen LogP contribution in [-0.4, -0.2) is 36.7 Å². The fourth-order valence-corrected chi connectivity index (χ4v) is 4.13. The molecule has 0 saturated carbocycles. The normalized spacial score (nSPS) is 11.5. The summed E-state index contributed by atoms with van der Waals surface area (Å²) in [6.45, 7) is 4.12. The van der Waals surface area contributed by atoms with Gasteiger partial charge in [-0.15, -0.1) is 0 Å².